The van der Waals surface area contributed by atoms with Gasteiger partial charge < -0.3 is 5.73 Å². The van der Waals surface area contributed by atoms with Gasteiger partial charge in [-0.1, -0.05) is 30.3 Å². The van der Waals surface area contributed by atoms with E-state index in [-0.39, 0.29) is 11.5 Å². The molecule has 1 nitrogen and oxygen atoms in total. The van der Waals surface area contributed by atoms with Crippen molar-refractivity contribution in [3.8, 4) is 0 Å². The predicted molar refractivity (Wildman–Crippen MR) is 80.1 cm³/mol. The van der Waals surface area contributed by atoms with E-state index >= 15 is 0 Å². The first-order valence-corrected chi connectivity index (χ1v) is 7.37. The Morgan fingerprint density at radius 1 is 1.14 bits per heavy atom. The van der Waals surface area contributed by atoms with Gasteiger partial charge in [0.1, 0.15) is 11.6 Å². The van der Waals surface area contributed by atoms with E-state index in [1.165, 1.54) is 17.7 Å². The summed E-state index contributed by atoms with van der Waals surface area (Å²) in [6.07, 6.45) is 2.88. The first kappa shape index (κ1) is 14.2. The SMILES string of the molecule is Cc1ccc(F)c(C(N)C2CCCc3ccccc32)c1F. The fourth-order valence-electron chi connectivity index (χ4n) is 3.35. The highest BCUT2D eigenvalue weighted by molar-refractivity contribution is 5.38. The lowest BCUT2D eigenvalue weighted by atomic mass is 9.77. The first-order valence-electron chi connectivity index (χ1n) is 7.37. The van der Waals surface area contributed by atoms with Crippen molar-refractivity contribution < 1.29 is 8.78 Å². The van der Waals surface area contributed by atoms with Crippen LogP contribution in [0.4, 0.5) is 8.78 Å². The van der Waals surface area contributed by atoms with Gasteiger partial charge in [-0.25, -0.2) is 8.78 Å². The number of hydrogen-bond acceptors (Lipinski definition) is 1. The van der Waals surface area contributed by atoms with E-state index in [0.717, 1.165) is 24.8 Å². The quantitative estimate of drug-likeness (QED) is 0.870. The fraction of sp³-hybridized carbons (Fsp3) is 0.333. The number of halogens is 2. The molecule has 1 aliphatic rings. The normalized spacial score (nSPS) is 19.1. The van der Waals surface area contributed by atoms with E-state index in [4.69, 9.17) is 5.73 Å². The maximum absolute atomic E-state index is 14.3. The molecule has 3 rings (SSSR count). The van der Waals surface area contributed by atoms with Crippen molar-refractivity contribution in [1.29, 1.82) is 0 Å². The van der Waals surface area contributed by atoms with Crippen LogP contribution in [0.3, 0.4) is 0 Å². The molecular formula is C18H19F2N. The molecule has 2 atom stereocenters. The number of fused-ring (bicyclic) bond motifs is 1. The maximum atomic E-state index is 14.3. The van der Waals surface area contributed by atoms with Crippen LogP contribution in [0.2, 0.25) is 0 Å². The molecule has 110 valence electrons. The molecule has 0 heterocycles. The molecule has 2 aromatic rings. The third-order valence-corrected chi connectivity index (χ3v) is 4.50. The third-order valence-electron chi connectivity index (χ3n) is 4.50. The van der Waals surface area contributed by atoms with Crippen molar-refractivity contribution in [1.82, 2.24) is 0 Å². The van der Waals surface area contributed by atoms with Crippen molar-refractivity contribution in [3.63, 3.8) is 0 Å². The summed E-state index contributed by atoms with van der Waals surface area (Å²) >= 11 is 0. The van der Waals surface area contributed by atoms with Crippen LogP contribution in [0.1, 0.15) is 47.1 Å². The average molecular weight is 287 g/mol. The van der Waals surface area contributed by atoms with E-state index in [0.29, 0.717) is 5.56 Å². The Morgan fingerprint density at radius 3 is 2.71 bits per heavy atom. The highest BCUT2D eigenvalue weighted by Crippen LogP contribution is 2.40. The fourth-order valence-corrected chi connectivity index (χ4v) is 3.35. The summed E-state index contributed by atoms with van der Waals surface area (Å²) in [6, 6.07) is 10.2. The summed E-state index contributed by atoms with van der Waals surface area (Å²) < 4.78 is 28.4. The van der Waals surface area contributed by atoms with Gasteiger partial charge in [0.15, 0.2) is 0 Å². The number of benzene rings is 2. The Labute approximate surface area is 123 Å². The molecule has 2 N–H and O–H groups in total. The third kappa shape index (κ3) is 2.46. The van der Waals surface area contributed by atoms with Crippen LogP contribution >= 0.6 is 0 Å². The van der Waals surface area contributed by atoms with E-state index in [1.807, 2.05) is 18.2 Å². The number of aryl methyl sites for hydroxylation is 2. The number of nitrogens with two attached hydrogens (primary N) is 1. The molecule has 0 spiro atoms. The molecule has 0 radical (unpaired) electrons. The van der Waals surface area contributed by atoms with Crippen LogP contribution in [0, 0.1) is 18.6 Å². The molecule has 0 bridgehead atoms. The largest absolute Gasteiger partial charge is 0.323 e. The van der Waals surface area contributed by atoms with Crippen LogP contribution in [0.15, 0.2) is 36.4 Å². The van der Waals surface area contributed by atoms with Crippen LogP contribution < -0.4 is 5.73 Å². The number of hydrogen-bond donors (Lipinski definition) is 1. The zero-order chi connectivity index (χ0) is 15.0. The summed E-state index contributed by atoms with van der Waals surface area (Å²) in [6.45, 7) is 1.64. The highest BCUT2D eigenvalue weighted by atomic mass is 19.1. The summed E-state index contributed by atoms with van der Waals surface area (Å²) in [5.74, 6) is -1.08. The summed E-state index contributed by atoms with van der Waals surface area (Å²) in [5, 5.41) is 0. The lowest BCUT2D eigenvalue weighted by Crippen LogP contribution is -2.25. The molecule has 0 amide bonds. The Kier molecular flexibility index (Phi) is 3.77. The Morgan fingerprint density at radius 2 is 1.90 bits per heavy atom. The second kappa shape index (κ2) is 5.57. The zero-order valence-corrected chi connectivity index (χ0v) is 12.1. The molecule has 2 aromatic carbocycles. The minimum Gasteiger partial charge on any atom is -0.323 e. The minimum atomic E-state index is -0.647. The van der Waals surface area contributed by atoms with Crippen LogP contribution in [0.5, 0.6) is 0 Å². The van der Waals surface area contributed by atoms with Crippen LogP contribution in [-0.4, -0.2) is 0 Å². The minimum absolute atomic E-state index is 0.0247. The van der Waals surface area contributed by atoms with Gasteiger partial charge in [-0.2, -0.15) is 0 Å². The smallest absolute Gasteiger partial charge is 0.133 e. The number of rotatable bonds is 2. The summed E-state index contributed by atoms with van der Waals surface area (Å²) in [7, 11) is 0. The van der Waals surface area contributed by atoms with Gasteiger partial charge in [0, 0.05) is 17.5 Å². The van der Waals surface area contributed by atoms with Gasteiger partial charge in [0.25, 0.3) is 0 Å². The monoisotopic (exact) mass is 287 g/mol. The van der Waals surface area contributed by atoms with Gasteiger partial charge in [-0.05, 0) is 48.9 Å². The van der Waals surface area contributed by atoms with Gasteiger partial charge in [0.05, 0.1) is 0 Å². The maximum Gasteiger partial charge on any atom is 0.133 e. The standard InChI is InChI=1S/C18H19F2N/c1-11-9-10-15(19)16(17(11)20)18(21)14-8-4-6-12-5-2-3-7-13(12)14/h2-3,5,7,9-10,14,18H,4,6,8,21H2,1H3. The van der Waals surface area contributed by atoms with E-state index < -0.39 is 17.7 Å². The second-order valence-corrected chi connectivity index (χ2v) is 5.82. The van der Waals surface area contributed by atoms with Crippen molar-refractivity contribution in [2.45, 2.75) is 38.1 Å². The molecule has 2 unspecified atom stereocenters. The Hall–Kier alpha value is -1.74. The topological polar surface area (TPSA) is 26.0 Å². The zero-order valence-electron chi connectivity index (χ0n) is 12.1. The van der Waals surface area contributed by atoms with Gasteiger partial charge in [0.2, 0.25) is 0 Å². The van der Waals surface area contributed by atoms with Crippen LogP contribution in [-0.2, 0) is 6.42 Å². The van der Waals surface area contributed by atoms with Crippen molar-refractivity contribution in [2.75, 3.05) is 0 Å². The average Bonchev–Trinajstić information content (AvgIpc) is 2.50. The van der Waals surface area contributed by atoms with E-state index in [2.05, 4.69) is 6.07 Å². The molecule has 0 aromatic heterocycles. The van der Waals surface area contributed by atoms with Crippen molar-refractivity contribution in [3.05, 3.63) is 70.3 Å². The van der Waals surface area contributed by atoms with Gasteiger partial charge in [-0.3, -0.25) is 0 Å². The summed E-state index contributed by atoms with van der Waals surface area (Å²) in [5.41, 5.74) is 9.12. The molecule has 0 saturated carbocycles. The molecule has 3 heteroatoms. The van der Waals surface area contributed by atoms with Crippen molar-refractivity contribution in [2.24, 2.45) is 5.73 Å². The lowest BCUT2D eigenvalue weighted by Gasteiger charge is -2.31. The Balaban J connectivity index is 2.05. The molecule has 0 fully saturated rings. The van der Waals surface area contributed by atoms with E-state index in [9.17, 15) is 8.78 Å². The van der Waals surface area contributed by atoms with Crippen molar-refractivity contribution >= 4 is 0 Å². The first-order chi connectivity index (χ1) is 10.1. The predicted octanol–water partition coefficient (Wildman–Crippen LogP) is 4.39. The highest BCUT2D eigenvalue weighted by Gasteiger charge is 2.30. The van der Waals surface area contributed by atoms with Crippen LogP contribution in [0.25, 0.3) is 0 Å². The second-order valence-electron chi connectivity index (χ2n) is 5.82. The molecule has 1 aliphatic carbocycles. The molecule has 0 saturated heterocycles. The van der Waals surface area contributed by atoms with Gasteiger partial charge in [-0.15, -0.1) is 0 Å². The lowest BCUT2D eigenvalue weighted by molar-refractivity contribution is 0.437. The van der Waals surface area contributed by atoms with Gasteiger partial charge >= 0.3 is 0 Å². The Bertz CT molecular complexity index is 666. The molecule has 0 aliphatic heterocycles. The molecular weight excluding hydrogens is 268 g/mol. The molecule has 21 heavy (non-hydrogen) atoms. The van der Waals surface area contributed by atoms with E-state index in [1.54, 1.807) is 6.92 Å². The summed E-state index contributed by atoms with van der Waals surface area (Å²) in [4.78, 5) is 0.